The van der Waals surface area contributed by atoms with Crippen LogP contribution in [0.5, 0.6) is 0 Å². The quantitative estimate of drug-likeness (QED) is 0.320. The standard InChI is InChI=1S/C24H19F4N5O2/c1-13-3-4-16(32-23(35)31-15-5-7-19(25)18(10-15)24(26,27)28)11-21(13)30-14-6-8-20-17(9-14)22(34)33(2)12-29-20/h3-12,30H,1-2H3,(H2,31,32,35). The summed E-state index contributed by atoms with van der Waals surface area (Å²) in [6, 6.07) is 11.5. The van der Waals surface area contributed by atoms with E-state index in [1.807, 2.05) is 6.92 Å². The lowest BCUT2D eigenvalue weighted by Gasteiger charge is -2.14. The largest absolute Gasteiger partial charge is 0.419 e. The number of anilines is 4. The highest BCUT2D eigenvalue weighted by molar-refractivity contribution is 6.00. The molecule has 0 atom stereocenters. The fraction of sp³-hybridized carbons (Fsp3) is 0.125. The van der Waals surface area contributed by atoms with Gasteiger partial charge in [-0.25, -0.2) is 14.2 Å². The number of amides is 2. The van der Waals surface area contributed by atoms with Gasteiger partial charge in [0.15, 0.2) is 0 Å². The van der Waals surface area contributed by atoms with Crippen LogP contribution < -0.4 is 21.5 Å². The van der Waals surface area contributed by atoms with Gasteiger partial charge in [0.25, 0.3) is 5.56 Å². The Morgan fingerprint density at radius 3 is 2.31 bits per heavy atom. The van der Waals surface area contributed by atoms with E-state index in [9.17, 15) is 27.2 Å². The van der Waals surface area contributed by atoms with Gasteiger partial charge in [0.05, 0.1) is 22.8 Å². The summed E-state index contributed by atoms with van der Waals surface area (Å²) in [5.74, 6) is -1.43. The highest BCUT2D eigenvalue weighted by atomic mass is 19.4. The van der Waals surface area contributed by atoms with Gasteiger partial charge in [-0.15, -0.1) is 0 Å². The Balaban J connectivity index is 1.52. The van der Waals surface area contributed by atoms with Gasteiger partial charge in [-0.3, -0.25) is 4.79 Å². The maximum Gasteiger partial charge on any atom is 0.419 e. The number of carbonyl (C=O) groups is 1. The second-order valence-electron chi connectivity index (χ2n) is 7.82. The molecule has 3 N–H and O–H groups in total. The van der Waals surface area contributed by atoms with Crippen molar-refractivity contribution >= 4 is 39.7 Å². The summed E-state index contributed by atoms with van der Waals surface area (Å²) in [6.45, 7) is 1.84. The zero-order valence-electron chi connectivity index (χ0n) is 18.5. The molecule has 180 valence electrons. The number of benzene rings is 3. The van der Waals surface area contributed by atoms with Crippen molar-refractivity contribution in [2.75, 3.05) is 16.0 Å². The van der Waals surface area contributed by atoms with Crippen LogP contribution in [0.25, 0.3) is 10.9 Å². The molecule has 7 nitrogen and oxygen atoms in total. The molecule has 0 spiro atoms. The average Bonchev–Trinajstić information content (AvgIpc) is 2.79. The van der Waals surface area contributed by atoms with Crippen molar-refractivity contribution in [2.24, 2.45) is 7.05 Å². The van der Waals surface area contributed by atoms with Crippen LogP contribution in [0.3, 0.4) is 0 Å². The number of alkyl halides is 3. The zero-order valence-corrected chi connectivity index (χ0v) is 18.5. The first-order valence-corrected chi connectivity index (χ1v) is 10.3. The Labute approximate surface area is 196 Å². The predicted octanol–water partition coefficient (Wildman–Crippen LogP) is 5.79. The van der Waals surface area contributed by atoms with Gasteiger partial charge in [-0.2, -0.15) is 13.2 Å². The number of fused-ring (bicyclic) bond motifs is 1. The Bertz CT molecular complexity index is 1500. The number of aryl methyl sites for hydroxylation is 2. The maximum atomic E-state index is 13.5. The first-order chi connectivity index (χ1) is 16.5. The van der Waals surface area contributed by atoms with Crippen molar-refractivity contribution in [1.29, 1.82) is 0 Å². The predicted molar refractivity (Wildman–Crippen MR) is 125 cm³/mol. The highest BCUT2D eigenvalue weighted by Crippen LogP contribution is 2.33. The third kappa shape index (κ3) is 5.24. The number of nitrogens with one attached hydrogen (secondary N) is 3. The molecule has 0 aliphatic carbocycles. The van der Waals surface area contributed by atoms with Gasteiger partial charge in [-0.05, 0) is 61.0 Å². The number of nitrogens with zero attached hydrogens (tertiary/aromatic N) is 2. The van der Waals surface area contributed by atoms with E-state index in [0.717, 1.165) is 11.6 Å². The number of rotatable bonds is 4. The number of halogens is 4. The number of hydrogen-bond donors (Lipinski definition) is 3. The molecule has 0 radical (unpaired) electrons. The van der Waals surface area contributed by atoms with Crippen LogP contribution in [0.4, 0.5) is 45.1 Å². The minimum absolute atomic E-state index is 0.197. The van der Waals surface area contributed by atoms with Crippen molar-refractivity contribution in [1.82, 2.24) is 9.55 Å². The van der Waals surface area contributed by atoms with E-state index in [1.54, 1.807) is 43.4 Å². The third-order valence-electron chi connectivity index (χ3n) is 5.22. The number of carbonyl (C=O) groups excluding carboxylic acids is 1. The maximum absolute atomic E-state index is 13.5. The smallest absolute Gasteiger partial charge is 0.355 e. The summed E-state index contributed by atoms with van der Waals surface area (Å²) in [4.78, 5) is 28.9. The molecule has 4 aromatic rings. The van der Waals surface area contributed by atoms with Crippen LogP contribution in [0.15, 0.2) is 65.7 Å². The molecule has 3 aromatic carbocycles. The van der Waals surface area contributed by atoms with Crippen molar-refractivity contribution in [3.8, 4) is 0 Å². The Kier molecular flexibility index (Phi) is 6.16. The molecular formula is C24H19F4N5O2. The fourth-order valence-corrected chi connectivity index (χ4v) is 3.39. The van der Waals surface area contributed by atoms with E-state index in [2.05, 4.69) is 20.9 Å². The minimum Gasteiger partial charge on any atom is -0.355 e. The molecular weight excluding hydrogens is 466 g/mol. The topological polar surface area (TPSA) is 88.1 Å². The molecule has 0 aliphatic rings. The molecule has 0 saturated heterocycles. The van der Waals surface area contributed by atoms with Crippen LogP contribution >= 0.6 is 0 Å². The monoisotopic (exact) mass is 485 g/mol. The van der Waals surface area contributed by atoms with Crippen LogP contribution in [0, 0.1) is 12.7 Å². The summed E-state index contributed by atoms with van der Waals surface area (Å²) in [7, 11) is 1.61. The molecule has 0 aliphatic heterocycles. The molecule has 1 heterocycles. The van der Waals surface area contributed by atoms with Gasteiger partial charge in [0, 0.05) is 29.8 Å². The number of aromatic nitrogens is 2. The SMILES string of the molecule is Cc1ccc(NC(=O)Nc2ccc(F)c(C(F)(F)F)c2)cc1Nc1ccc2ncn(C)c(=O)c2c1. The molecule has 0 bridgehead atoms. The van der Waals surface area contributed by atoms with Crippen molar-refractivity contribution in [2.45, 2.75) is 13.1 Å². The van der Waals surface area contributed by atoms with Gasteiger partial charge in [0.2, 0.25) is 0 Å². The second kappa shape index (κ2) is 9.09. The Hall–Kier alpha value is -4.41. The molecule has 35 heavy (non-hydrogen) atoms. The van der Waals surface area contributed by atoms with Gasteiger partial charge in [-0.1, -0.05) is 6.07 Å². The second-order valence-corrected chi connectivity index (χ2v) is 7.82. The fourth-order valence-electron chi connectivity index (χ4n) is 3.39. The summed E-state index contributed by atoms with van der Waals surface area (Å²) < 4.78 is 53.6. The van der Waals surface area contributed by atoms with Crippen LogP contribution in [-0.4, -0.2) is 15.6 Å². The summed E-state index contributed by atoms with van der Waals surface area (Å²) in [6.07, 6.45) is -3.45. The van der Waals surface area contributed by atoms with Crippen molar-refractivity contribution in [3.05, 3.63) is 88.2 Å². The highest BCUT2D eigenvalue weighted by Gasteiger charge is 2.34. The van der Waals surface area contributed by atoms with E-state index in [1.165, 1.54) is 10.9 Å². The van der Waals surface area contributed by atoms with Gasteiger partial charge >= 0.3 is 12.2 Å². The number of urea groups is 1. The van der Waals surface area contributed by atoms with E-state index in [0.29, 0.717) is 40.1 Å². The lowest BCUT2D eigenvalue weighted by molar-refractivity contribution is -0.139. The molecule has 0 saturated carbocycles. The van der Waals surface area contributed by atoms with Crippen LogP contribution in [0.2, 0.25) is 0 Å². The van der Waals surface area contributed by atoms with Crippen molar-refractivity contribution < 1.29 is 22.4 Å². The lowest BCUT2D eigenvalue weighted by atomic mass is 10.1. The van der Waals surface area contributed by atoms with E-state index in [-0.39, 0.29) is 11.2 Å². The molecule has 1 aromatic heterocycles. The summed E-state index contributed by atoms with van der Waals surface area (Å²) in [5, 5.41) is 8.42. The van der Waals surface area contributed by atoms with E-state index < -0.39 is 23.6 Å². The molecule has 0 unspecified atom stereocenters. The summed E-state index contributed by atoms with van der Waals surface area (Å²) >= 11 is 0. The van der Waals surface area contributed by atoms with Crippen LogP contribution in [0.1, 0.15) is 11.1 Å². The first kappa shape index (κ1) is 23.7. The zero-order chi connectivity index (χ0) is 25.3. The third-order valence-corrected chi connectivity index (χ3v) is 5.22. The average molecular weight is 485 g/mol. The molecule has 11 heteroatoms. The Morgan fingerprint density at radius 2 is 1.60 bits per heavy atom. The van der Waals surface area contributed by atoms with Crippen molar-refractivity contribution in [3.63, 3.8) is 0 Å². The molecule has 4 rings (SSSR count). The molecule has 2 amide bonds. The molecule has 0 fully saturated rings. The van der Waals surface area contributed by atoms with Gasteiger partial charge < -0.3 is 20.5 Å². The van der Waals surface area contributed by atoms with E-state index in [4.69, 9.17) is 0 Å². The van der Waals surface area contributed by atoms with Gasteiger partial charge in [0.1, 0.15) is 5.82 Å². The van der Waals surface area contributed by atoms with Crippen LogP contribution in [-0.2, 0) is 13.2 Å². The number of hydrogen-bond acceptors (Lipinski definition) is 4. The first-order valence-electron chi connectivity index (χ1n) is 10.3. The minimum atomic E-state index is -4.89. The van der Waals surface area contributed by atoms with E-state index >= 15 is 0 Å². The summed E-state index contributed by atoms with van der Waals surface area (Å²) in [5.41, 5.74) is 1.11. The Morgan fingerprint density at radius 1 is 0.943 bits per heavy atom. The normalized spacial score (nSPS) is 11.4. The lowest BCUT2D eigenvalue weighted by Crippen LogP contribution is -2.20.